The van der Waals surface area contributed by atoms with Crippen LogP contribution in [0.5, 0.6) is 5.75 Å². The number of carbonyl (C=O) groups is 1. The van der Waals surface area contributed by atoms with Crippen LogP contribution in [0.25, 0.3) is 11.3 Å². The van der Waals surface area contributed by atoms with Gasteiger partial charge in [-0.05, 0) is 81.6 Å². The summed E-state index contributed by atoms with van der Waals surface area (Å²) in [6, 6.07) is 14.7. The van der Waals surface area contributed by atoms with Crippen LogP contribution in [0, 0.1) is 13.8 Å². The summed E-state index contributed by atoms with van der Waals surface area (Å²) in [5.74, 6) is 0.546. The van der Waals surface area contributed by atoms with Crippen LogP contribution in [0.1, 0.15) is 47.9 Å². The van der Waals surface area contributed by atoms with Gasteiger partial charge in [-0.2, -0.15) is 5.10 Å². The molecule has 1 saturated heterocycles. The third kappa shape index (κ3) is 5.27. The fraction of sp³-hybridized carbons (Fsp3) is 0.360. The Morgan fingerprint density at radius 1 is 1.09 bits per heavy atom. The Balaban J connectivity index is 1.64. The van der Waals surface area contributed by atoms with Crippen molar-refractivity contribution >= 4 is 21.4 Å². The minimum Gasteiger partial charge on any atom is -0.491 e. The zero-order valence-corrected chi connectivity index (χ0v) is 20.1. The topological polar surface area (TPSA) is 90.3 Å². The van der Waals surface area contributed by atoms with E-state index < -0.39 is 9.84 Å². The Morgan fingerprint density at radius 3 is 2.42 bits per heavy atom. The second kappa shape index (κ2) is 9.02. The van der Waals surface area contributed by atoms with Crippen LogP contribution in [0.15, 0.2) is 48.5 Å². The van der Waals surface area contributed by atoms with Crippen molar-refractivity contribution in [3.63, 3.8) is 0 Å². The van der Waals surface area contributed by atoms with Gasteiger partial charge in [0, 0.05) is 11.3 Å². The molecule has 0 aliphatic carbocycles. The maximum absolute atomic E-state index is 13.0. The predicted molar refractivity (Wildman–Crippen MR) is 130 cm³/mol. The number of amides is 1. The molecular weight excluding hydrogens is 438 g/mol. The molecule has 0 bridgehead atoms. The number of ether oxygens (including phenoxy) is 1. The van der Waals surface area contributed by atoms with Gasteiger partial charge in [0.05, 0.1) is 29.3 Å². The van der Waals surface area contributed by atoms with Gasteiger partial charge in [0.1, 0.15) is 5.75 Å². The first-order valence-corrected chi connectivity index (χ1v) is 12.9. The van der Waals surface area contributed by atoms with E-state index in [1.807, 2.05) is 45.9 Å². The van der Waals surface area contributed by atoms with E-state index in [0.717, 1.165) is 28.1 Å². The smallest absolute Gasteiger partial charge is 0.276 e. The average molecular weight is 468 g/mol. The van der Waals surface area contributed by atoms with Crippen molar-refractivity contribution in [1.29, 1.82) is 0 Å². The summed E-state index contributed by atoms with van der Waals surface area (Å²) >= 11 is 0. The highest BCUT2D eigenvalue weighted by atomic mass is 32.2. The molecule has 1 aliphatic heterocycles. The van der Waals surface area contributed by atoms with Gasteiger partial charge in [0.15, 0.2) is 15.5 Å². The molecule has 0 spiro atoms. The van der Waals surface area contributed by atoms with Crippen molar-refractivity contribution in [1.82, 2.24) is 9.78 Å². The van der Waals surface area contributed by atoms with Crippen molar-refractivity contribution in [2.24, 2.45) is 0 Å². The van der Waals surface area contributed by atoms with Gasteiger partial charge >= 0.3 is 0 Å². The molecule has 1 atom stereocenters. The summed E-state index contributed by atoms with van der Waals surface area (Å²) in [6.07, 6.45) is 0.554. The molecule has 3 aromatic rings. The summed E-state index contributed by atoms with van der Waals surface area (Å²) in [4.78, 5) is 13.0. The molecule has 174 valence electrons. The van der Waals surface area contributed by atoms with Crippen molar-refractivity contribution in [3.8, 4) is 17.0 Å². The van der Waals surface area contributed by atoms with Crippen LogP contribution in [0.2, 0.25) is 0 Å². The number of carbonyl (C=O) groups excluding carboxylic acids is 1. The Hall–Kier alpha value is -3.13. The Kier molecular flexibility index (Phi) is 6.30. The second-order valence-corrected chi connectivity index (χ2v) is 11.1. The van der Waals surface area contributed by atoms with Gasteiger partial charge in [-0.1, -0.05) is 12.1 Å². The maximum atomic E-state index is 13.0. The zero-order valence-electron chi connectivity index (χ0n) is 19.3. The number of benzene rings is 2. The molecule has 0 radical (unpaired) electrons. The third-order valence-electron chi connectivity index (χ3n) is 5.81. The number of aromatic nitrogens is 2. The highest BCUT2D eigenvalue weighted by Gasteiger charge is 2.32. The number of sulfone groups is 1. The van der Waals surface area contributed by atoms with Crippen LogP contribution in [-0.2, 0) is 9.84 Å². The Morgan fingerprint density at radius 2 is 1.82 bits per heavy atom. The van der Waals surface area contributed by atoms with Gasteiger partial charge in [-0.25, -0.2) is 8.42 Å². The molecule has 1 amide bonds. The standard InChI is InChI=1S/C25H29N3O4S/c1-16(2)32-22-9-7-20(8-10-22)26-25(29)23-14-24(19-6-5-17(3)18(4)13-19)28(27-23)21-11-12-33(30,31)15-21/h5-10,13-14,16,21H,11-12,15H2,1-4H3,(H,26,29)/t21-/m1/s1. The maximum Gasteiger partial charge on any atom is 0.276 e. The lowest BCUT2D eigenvalue weighted by molar-refractivity contribution is 0.102. The molecule has 4 rings (SSSR count). The summed E-state index contributed by atoms with van der Waals surface area (Å²) in [5, 5.41) is 7.42. The van der Waals surface area contributed by atoms with Gasteiger partial charge in [-0.3, -0.25) is 9.48 Å². The molecule has 1 aromatic heterocycles. The molecular formula is C25H29N3O4S. The van der Waals surface area contributed by atoms with Crippen LogP contribution in [0.4, 0.5) is 5.69 Å². The number of anilines is 1. The number of rotatable bonds is 6. The van der Waals surface area contributed by atoms with Crippen molar-refractivity contribution < 1.29 is 17.9 Å². The largest absolute Gasteiger partial charge is 0.491 e. The van der Waals surface area contributed by atoms with E-state index in [0.29, 0.717) is 12.1 Å². The number of nitrogens with one attached hydrogen (secondary N) is 1. The summed E-state index contributed by atoms with van der Waals surface area (Å²) in [6.45, 7) is 7.97. The third-order valence-corrected chi connectivity index (χ3v) is 7.56. The Bertz CT molecular complexity index is 1280. The summed E-state index contributed by atoms with van der Waals surface area (Å²) in [5.41, 5.74) is 4.80. The lowest BCUT2D eigenvalue weighted by Crippen LogP contribution is -2.16. The average Bonchev–Trinajstić information content (AvgIpc) is 3.34. The van der Waals surface area contributed by atoms with E-state index in [2.05, 4.69) is 10.4 Å². The first-order valence-electron chi connectivity index (χ1n) is 11.1. The summed E-state index contributed by atoms with van der Waals surface area (Å²) < 4.78 is 31.6. The molecule has 1 fully saturated rings. The van der Waals surface area contributed by atoms with E-state index >= 15 is 0 Å². The SMILES string of the molecule is Cc1ccc(-c2cc(C(=O)Nc3ccc(OC(C)C)cc3)nn2[C@@H]2CCS(=O)(=O)C2)cc1C. The number of nitrogens with zero attached hydrogens (tertiary/aromatic N) is 2. The fourth-order valence-electron chi connectivity index (χ4n) is 3.95. The molecule has 1 aliphatic rings. The van der Waals surface area contributed by atoms with Crippen LogP contribution in [0.3, 0.4) is 0 Å². The zero-order chi connectivity index (χ0) is 23.8. The first kappa shape index (κ1) is 23.0. The molecule has 8 heteroatoms. The molecule has 2 heterocycles. The van der Waals surface area contributed by atoms with E-state index in [1.165, 1.54) is 0 Å². The molecule has 0 saturated carbocycles. The highest BCUT2D eigenvalue weighted by molar-refractivity contribution is 7.91. The molecule has 33 heavy (non-hydrogen) atoms. The first-order chi connectivity index (χ1) is 15.6. The van der Waals surface area contributed by atoms with E-state index in [1.54, 1.807) is 35.0 Å². The number of hydrogen-bond donors (Lipinski definition) is 1. The number of aryl methyl sites for hydroxylation is 2. The van der Waals surface area contributed by atoms with Gasteiger partial charge < -0.3 is 10.1 Å². The van der Waals surface area contributed by atoms with Gasteiger partial charge in [0.25, 0.3) is 5.91 Å². The normalized spacial score (nSPS) is 17.3. The van der Waals surface area contributed by atoms with Crippen molar-refractivity contribution in [2.75, 3.05) is 16.8 Å². The lowest BCUT2D eigenvalue weighted by Gasteiger charge is -2.14. The molecule has 2 aromatic carbocycles. The fourth-order valence-corrected chi connectivity index (χ4v) is 5.64. The molecule has 0 unspecified atom stereocenters. The number of hydrogen-bond acceptors (Lipinski definition) is 5. The Labute approximate surface area is 194 Å². The van der Waals surface area contributed by atoms with Crippen LogP contribution < -0.4 is 10.1 Å². The van der Waals surface area contributed by atoms with Gasteiger partial charge in [0.2, 0.25) is 0 Å². The quantitative estimate of drug-likeness (QED) is 0.574. The minimum atomic E-state index is -3.10. The van der Waals surface area contributed by atoms with Crippen molar-refractivity contribution in [3.05, 3.63) is 65.4 Å². The van der Waals surface area contributed by atoms with E-state index in [9.17, 15) is 13.2 Å². The minimum absolute atomic E-state index is 0.0326. The van der Waals surface area contributed by atoms with E-state index in [4.69, 9.17) is 4.74 Å². The predicted octanol–water partition coefficient (Wildman–Crippen LogP) is 4.57. The highest BCUT2D eigenvalue weighted by Crippen LogP contribution is 2.31. The molecule has 1 N–H and O–H groups in total. The van der Waals surface area contributed by atoms with E-state index in [-0.39, 0.29) is 35.3 Å². The second-order valence-electron chi connectivity index (χ2n) is 8.86. The molecule has 7 nitrogen and oxygen atoms in total. The van der Waals surface area contributed by atoms with Crippen molar-refractivity contribution in [2.45, 2.75) is 46.3 Å². The van der Waals surface area contributed by atoms with Crippen LogP contribution in [-0.4, -0.2) is 41.7 Å². The van der Waals surface area contributed by atoms with Crippen LogP contribution >= 0.6 is 0 Å². The lowest BCUT2D eigenvalue weighted by atomic mass is 10.0. The summed E-state index contributed by atoms with van der Waals surface area (Å²) in [7, 11) is -3.10. The monoisotopic (exact) mass is 467 g/mol. The van der Waals surface area contributed by atoms with Gasteiger partial charge in [-0.15, -0.1) is 0 Å².